The molecule has 1 aromatic carbocycles. The van der Waals surface area contributed by atoms with Crippen LogP contribution in [0.25, 0.3) is 0 Å². The van der Waals surface area contributed by atoms with Gasteiger partial charge in [-0.25, -0.2) is 0 Å². The molecular formula is C15H23NO2. The Labute approximate surface area is 110 Å². The normalized spacial score (nSPS) is 10.4. The van der Waals surface area contributed by atoms with Crippen LogP contribution in [0.15, 0.2) is 24.3 Å². The summed E-state index contributed by atoms with van der Waals surface area (Å²) in [6.45, 7) is 7.70. The van der Waals surface area contributed by atoms with Crippen molar-refractivity contribution in [3.8, 4) is 5.75 Å². The summed E-state index contributed by atoms with van der Waals surface area (Å²) >= 11 is 0. The summed E-state index contributed by atoms with van der Waals surface area (Å²) in [4.78, 5) is 11.8. The fourth-order valence-corrected chi connectivity index (χ4v) is 1.68. The van der Waals surface area contributed by atoms with E-state index in [1.54, 1.807) is 12.1 Å². The van der Waals surface area contributed by atoms with Gasteiger partial charge in [-0.3, -0.25) is 4.79 Å². The Morgan fingerprint density at radius 1 is 1.28 bits per heavy atom. The van der Waals surface area contributed by atoms with Crippen LogP contribution in [0.1, 0.15) is 44.0 Å². The first-order valence-electron chi connectivity index (χ1n) is 6.64. The Morgan fingerprint density at radius 3 is 2.50 bits per heavy atom. The lowest BCUT2D eigenvalue weighted by molar-refractivity contribution is 0.0952. The van der Waals surface area contributed by atoms with Crippen molar-refractivity contribution in [1.82, 2.24) is 5.32 Å². The van der Waals surface area contributed by atoms with Crippen LogP contribution in [0, 0.1) is 5.92 Å². The van der Waals surface area contributed by atoms with Gasteiger partial charge in [0.05, 0.1) is 6.61 Å². The number of amides is 1. The summed E-state index contributed by atoms with van der Waals surface area (Å²) in [6.07, 6.45) is 2.17. The molecule has 0 unspecified atom stereocenters. The van der Waals surface area contributed by atoms with Crippen molar-refractivity contribution in [2.45, 2.75) is 33.6 Å². The fourth-order valence-electron chi connectivity index (χ4n) is 1.68. The van der Waals surface area contributed by atoms with E-state index < -0.39 is 0 Å². The lowest BCUT2D eigenvalue weighted by Gasteiger charge is -2.07. The summed E-state index contributed by atoms with van der Waals surface area (Å²) < 4.78 is 5.33. The van der Waals surface area contributed by atoms with Crippen molar-refractivity contribution >= 4 is 5.91 Å². The van der Waals surface area contributed by atoms with Crippen LogP contribution in [-0.4, -0.2) is 19.1 Å². The first-order chi connectivity index (χ1) is 8.63. The van der Waals surface area contributed by atoms with Gasteiger partial charge in [0.15, 0.2) is 0 Å². The molecule has 0 heterocycles. The van der Waals surface area contributed by atoms with Crippen LogP contribution >= 0.6 is 0 Å². The van der Waals surface area contributed by atoms with Crippen molar-refractivity contribution in [3.63, 3.8) is 0 Å². The first kappa shape index (κ1) is 14.6. The second-order valence-corrected chi connectivity index (χ2v) is 4.75. The minimum Gasteiger partial charge on any atom is -0.494 e. The van der Waals surface area contributed by atoms with E-state index in [0.29, 0.717) is 18.1 Å². The number of ether oxygens (including phenoxy) is 1. The topological polar surface area (TPSA) is 38.3 Å². The average Bonchev–Trinajstić information content (AvgIpc) is 2.35. The number of benzene rings is 1. The predicted molar refractivity (Wildman–Crippen MR) is 74.0 cm³/mol. The average molecular weight is 249 g/mol. The standard InChI is InChI=1S/C15H23NO2/c1-4-18-14-9-7-13(8-10-14)15(17)16-11-5-6-12(2)3/h7-10,12H,4-6,11H2,1-3H3,(H,16,17). The maximum absolute atomic E-state index is 11.8. The monoisotopic (exact) mass is 249 g/mol. The van der Waals surface area contributed by atoms with E-state index >= 15 is 0 Å². The molecule has 0 aliphatic heterocycles. The van der Waals surface area contributed by atoms with Crippen molar-refractivity contribution in [3.05, 3.63) is 29.8 Å². The molecule has 100 valence electrons. The number of nitrogens with one attached hydrogen (secondary N) is 1. The van der Waals surface area contributed by atoms with E-state index in [2.05, 4.69) is 19.2 Å². The van der Waals surface area contributed by atoms with Gasteiger partial charge in [0, 0.05) is 12.1 Å². The molecule has 0 saturated carbocycles. The third-order valence-electron chi connectivity index (χ3n) is 2.67. The molecule has 0 atom stereocenters. The molecule has 1 rings (SSSR count). The number of rotatable bonds is 7. The van der Waals surface area contributed by atoms with Gasteiger partial charge >= 0.3 is 0 Å². The Morgan fingerprint density at radius 2 is 1.94 bits per heavy atom. The van der Waals surface area contributed by atoms with E-state index in [9.17, 15) is 4.79 Å². The van der Waals surface area contributed by atoms with Crippen LogP contribution in [0.4, 0.5) is 0 Å². The largest absolute Gasteiger partial charge is 0.494 e. The number of hydrogen-bond donors (Lipinski definition) is 1. The van der Waals surface area contributed by atoms with E-state index in [0.717, 1.165) is 25.1 Å². The van der Waals surface area contributed by atoms with Crippen LogP contribution < -0.4 is 10.1 Å². The highest BCUT2D eigenvalue weighted by molar-refractivity contribution is 5.94. The Hall–Kier alpha value is -1.51. The number of carbonyl (C=O) groups excluding carboxylic acids is 1. The van der Waals surface area contributed by atoms with Crippen molar-refractivity contribution < 1.29 is 9.53 Å². The Bertz CT molecular complexity index is 357. The molecule has 3 nitrogen and oxygen atoms in total. The zero-order chi connectivity index (χ0) is 13.4. The molecule has 0 aromatic heterocycles. The molecule has 0 bridgehead atoms. The minimum atomic E-state index is -0.0122. The maximum Gasteiger partial charge on any atom is 0.251 e. The smallest absolute Gasteiger partial charge is 0.251 e. The van der Waals surface area contributed by atoms with Crippen LogP contribution in [-0.2, 0) is 0 Å². The third kappa shape index (κ3) is 5.21. The molecule has 0 fully saturated rings. The molecule has 0 aliphatic carbocycles. The molecule has 1 N–H and O–H groups in total. The second-order valence-electron chi connectivity index (χ2n) is 4.75. The van der Waals surface area contributed by atoms with E-state index in [-0.39, 0.29) is 5.91 Å². The quantitative estimate of drug-likeness (QED) is 0.753. The predicted octanol–water partition coefficient (Wildman–Crippen LogP) is 3.25. The van der Waals surface area contributed by atoms with Gasteiger partial charge in [-0.15, -0.1) is 0 Å². The number of hydrogen-bond acceptors (Lipinski definition) is 2. The van der Waals surface area contributed by atoms with Crippen molar-refractivity contribution in [2.24, 2.45) is 5.92 Å². The lowest BCUT2D eigenvalue weighted by atomic mass is 10.1. The molecule has 0 radical (unpaired) electrons. The summed E-state index contributed by atoms with van der Waals surface area (Å²) in [5, 5.41) is 2.93. The lowest BCUT2D eigenvalue weighted by Crippen LogP contribution is -2.24. The van der Waals surface area contributed by atoms with Crippen molar-refractivity contribution in [2.75, 3.05) is 13.2 Å². The fraction of sp³-hybridized carbons (Fsp3) is 0.533. The third-order valence-corrected chi connectivity index (χ3v) is 2.67. The van der Waals surface area contributed by atoms with Crippen LogP contribution in [0.2, 0.25) is 0 Å². The van der Waals surface area contributed by atoms with E-state index in [1.165, 1.54) is 0 Å². The Kier molecular flexibility index (Phi) is 6.26. The molecule has 18 heavy (non-hydrogen) atoms. The van der Waals surface area contributed by atoms with Gasteiger partial charge in [0.1, 0.15) is 5.75 Å². The first-order valence-corrected chi connectivity index (χ1v) is 6.64. The summed E-state index contributed by atoms with van der Waals surface area (Å²) in [6, 6.07) is 7.24. The van der Waals surface area contributed by atoms with E-state index in [1.807, 2.05) is 19.1 Å². The van der Waals surface area contributed by atoms with Gasteiger partial charge in [-0.05, 0) is 49.9 Å². The highest BCUT2D eigenvalue weighted by Crippen LogP contribution is 2.12. The van der Waals surface area contributed by atoms with Gasteiger partial charge < -0.3 is 10.1 Å². The van der Waals surface area contributed by atoms with Gasteiger partial charge in [0.2, 0.25) is 0 Å². The van der Waals surface area contributed by atoms with Gasteiger partial charge in [-0.1, -0.05) is 13.8 Å². The van der Waals surface area contributed by atoms with Gasteiger partial charge in [0.25, 0.3) is 5.91 Å². The highest BCUT2D eigenvalue weighted by Gasteiger charge is 2.04. The SMILES string of the molecule is CCOc1ccc(C(=O)NCCCC(C)C)cc1. The minimum absolute atomic E-state index is 0.0122. The maximum atomic E-state index is 11.8. The summed E-state index contributed by atoms with van der Waals surface area (Å²) in [5.74, 6) is 1.48. The highest BCUT2D eigenvalue weighted by atomic mass is 16.5. The molecule has 0 spiro atoms. The molecule has 1 amide bonds. The van der Waals surface area contributed by atoms with Crippen molar-refractivity contribution in [1.29, 1.82) is 0 Å². The van der Waals surface area contributed by atoms with Crippen LogP contribution in [0.3, 0.4) is 0 Å². The summed E-state index contributed by atoms with van der Waals surface area (Å²) in [5.41, 5.74) is 0.683. The summed E-state index contributed by atoms with van der Waals surface area (Å²) in [7, 11) is 0. The molecule has 3 heteroatoms. The zero-order valence-corrected chi connectivity index (χ0v) is 11.5. The van der Waals surface area contributed by atoms with Crippen LogP contribution in [0.5, 0.6) is 5.75 Å². The van der Waals surface area contributed by atoms with Gasteiger partial charge in [-0.2, -0.15) is 0 Å². The Balaban J connectivity index is 2.37. The molecule has 0 saturated heterocycles. The molecule has 1 aromatic rings. The zero-order valence-electron chi connectivity index (χ0n) is 11.5. The molecular weight excluding hydrogens is 226 g/mol. The van der Waals surface area contributed by atoms with E-state index in [4.69, 9.17) is 4.74 Å². The second kappa shape index (κ2) is 7.75. The molecule has 0 aliphatic rings. The number of carbonyl (C=O) groups is 1.